The first-order valence-electron chi connectivity index (χ1n) is 8.18. The zero-order valence-corrected chi connectivity index (χ0v) is 14.5. The van der Waals surface area contributed by atoms with Gasteiger partial charge in [0.05, 0.1) is 16.8 Å². The first-order valence-corrected chi connectivity index (χ1v) is 8.56. The predicted molar refractivity (Wildman–Crippen MR) is 98.4 cm³/mol. The summed E-state index contributed by atoms with van der Waals surface area (Å²) in [5, 5.41) is 12.9. The third-order valence-electron chi connectivity index (χ3n) is 4.32. The van der Waals surface area contributed by atoms with Crippen molar-refractivity contribution in [3.05, 3.63) is 65.2 Å². The number of anilines is 1. The van der Waals surface area contributed by atoms with E-state index in [1.807, 2.05) is 42.5 Å². The number of rotatable bonds is 3. The number of urea groups is 1. The second kappa shape index (κ2) is 8.02. The van der Waals surface area contributed by atoms with Crippen LogP contribution in [-0.2, 0) is 0 Å². The van der Waals surface area contributed by atoms with Crippen LogP contribution in [0, 0.1) is 11.3 Å². The molecule has 6 heteroatoms. The normalized spacial score (nSPS) is 16.1. The van der Waals surface area contributed by atoms with E-state index in [0.29, 0.717) is 36.9 Å². The summed E-state index contributed by atoms with van der Waals surface area (Å²) in [5.74, 6) is 0. The van der Waals surface area contributed by atoms with Crippen molar-refractivity contribution in [1.82, 2.24) is 9.80 Å². The Bertz CT molecular complexity index is 766. The standard InChI is InChI=1S/C19H19ClN4O/c20-16-8-4-5-9-17(16)22-19(25)24-12-10-23(11-13-24)18(14-21)15-6-2-1-3-7-15/h1-9,18H,10-13H2,(H,22,25). The predicted octanol–water partition coefficient (Wildman–Crippen LogP) is 3.75. The summed E-state index contributed by atoms with van der Waals surface area (Å²) >= 11 is 6.08. The molecule has 1 unspecified atom stereocenters. The lowest BCUT2D eigenvalue weighted by Gasteiger charge is -2.37. The van der Waals surface area contributed by atoms with Crippen LogP contribution in [0.1, 0.15) is 11.6 Å². The Morgan fingerprint density at radius 2 is 1.68 bits per heavy atom. The first kappa shape index (κ1) is 17.3. The van der Waals surface area contributed by atoms with Gasteiger partial charge >= 0.3 is 6.03 Å². The van der Waals surface area contributed by atoms with Crippen LogP contribution in [0.3, 0.4) is 0 Å². The summed E-state index contributed by atoms with van der Waals surface area (Å²) in [7, 11) is 0. The number of benzene rings is 2. The molecular weight excluding hydrogens is 336 g/mol. The molecular formula is C19H19ClN4O. The van der Waals surface area contributed by atoms with Crippen molar-refractivity contribution >= 4 is 23.3 Å². The molecule has 2 aromatic rings. The van der Waals surface area contributed by atoms with E-state index in [1.54, 1.807) is 17.0 Å². The summed E-state index contributed by atoms with van der Waals surface area (Å²) in [6.07, 6.45) is 0. The van der Waals surface area contributed by atoms with Gasteiger partial charge in [0.1, 0.15) is 6.04 Å². The highest BCUT2D eigenvalue weighted by molar-refractivity contribution is 6.33. The van der Waals surface area contributed by atoms with E-state index in [0.717, 1.165) is 5.56 Å². The molecule has 25 heavy (non-hydrogen) atoms. The number of nitrogens with zero attached hydrogens (tertiary/aromatic N) is 3. The van der Waals surface area contributed by atoms with Gasteiger partial charge in [-0.1, -0.05) is 54.1 Å². The largest absolute Gasteiger partial charge is 0.322 e. The van der Waals surface area contributed by atoms with Crippen LogP contribution in [0.2, 0.25) is 5.02 Å². The quantitative estimate of drug-likeness (QED) is 0.913. The van der Waals surface area contributed by atoms with Crippen molar-refractivity contribution in [2.45, 2.75) is 6.04 Å². The number of hydrogen-bond acceptors (Lipinski definition) is 3. The summed E-state index contributed by atoms with van der Waals surface area (Å²) in [5.41, 5.74) is 1.59. The van der Waals surface area contributed by atoms with Crippen LogP contribution < -0.4 is 5.32 Å². The van der Waals surface area contributed by atoms with Crippen molar-refractivity contribution in [3.8, 4) is 6.07 Å². The summed E-state index contributed by atoms with van der Waals surface area (Å²) in [6.45, 7) is 2.45. The van der Waals surface area contributed by atoms with Crippen molar-refractivity contribution in [3.63, 3.8) is 0 Å². The lowest BCUT2D eigenvalue weighted by atomic mass is 10.1. The van der Waals surface area contributed by atoms with Gasteiger partial charge in [0, 0.05) is 26.2 Å². The van der Waals surface area contributed by atoms with Crippen LogP contribution in [0.25, 0.3) is 0 Å². The van der Waals surface area contributed by atoms with Crippen LogP contribution >= 0.6 is 11.6 Å². The van der Waals surface area contributed by atoms with Crippen molar-refractivity contribution in [2.75, 3.05) is 31.5 Å². The number of nitrogens with one attached hydrogen (secondary N) is 1. The second-order valence-corrected chi connectivity index (χ2v) is 6.28. The molecule has 0 bridgehead atoms. The van der Waals surface area contributed by atoms with E-state index < -0.39 is 0 Å². The van der Waals surface area contributed by atoms with Crippen molar-refractivity contribution in [1.29, 1.82) is 5.26 Å². The zero-order valence-electron chi connectivity index (χ0n) is 13.7. The highest BCUT2D eigenvalue weighted by Gasteiger charge is 2.27. The molecule has 2 amide bonds. The van der Waals surface area contributed by atoms with E-state index in [-0.39, 0.29) is 12.1 Å². The molecule has 0 spiro atoms. The molecule has 2 aromatic carbocycles. The van der Waals surface area contributed by atoms with Gasteiger partial charge < -0.3 is 10.2 Å². The van der Waals surface area contributed by atoms with Gasteiger partial charge in [-0.3, -0.25) is 4.90 Å². The number of halogens is 1. The lowest BCUT2D eigenvalue weighted by Crippen LogP contribution is -2.50. The fourth-order valence-electron chi connectivity index (χ4n) is 2.94. The van der Waals surface area contributed by atoms with E-state index in [4.69, 9.17) is 11.6 Å². The summed E-state index contributed by atoms with van der Waals surface area (Å²) < 4.78 is 0. The number of hydrogen-bond donors (Lipinski definition) is 1. The van der Waals surface area contributed by atoms with Crippen LogP contribution in [-0.4, -0.2) is 42.0 Å². The Kier molecular flexibility index (Phi) is 5.54. The first-order chi connectivity index (χ1) is 12.2. The number of para-hydroxylation sites is 1. The fourth-order valence-corrected chi connectivity index (χ4v) is 3.13. The Hall–Kier alpha value is -2.55. The number of piperazine rings is 1. The molecule has 0 aromatic heterocycles. The van der Waals surface area contributed by atoms with Crippen LogP contribution in [0.15, 0.2) is 54.6 Å². The van der Waals surface area contributed by atoms with E-state index in [9.17, 15) is 10.1 Å². The zero-order chi connectivity index (χ0) is 17.6. The Balaban J connectivity index is 1.59. The monoisotopic (exact) mass is 354 g/mol. The molecule has 128 valence electrons. The third-order valence-corrected chi connectivity index (χ3v) is 4.65. The molecule has 1 atom stereocenters. The molecule has 0 radical (unpaired) electrons. The molecule has 3 rings (SSSR count). The Morgan fingerprint density at radius 1 is 1.04 bits per heavy atom. The van der Waals surface area contributed by atoms with E-state index in [2.05, 4.69) is 16.3 Å². The summed E-state index contributed by atoms with van der Waals surface area (Å²) in [4.78, 5) is 16.3. The van der Waals surface area contributed by atoms with Crippen molar-refractivity contribution < 1.29 is 4.79 Å². The smallest absolute Gasteiger partial charge is 0.321 e. The lowest BCUT2D eigenvalue weighted by molar-refractivity contribution is 0.131. The second-order valence-electron chi connectivity index (χ2n) is 5.88. The highest BCUT2D eigenvalue weighted by atomic mass is 35.5. The molecule has 1 saturated heterocycles. The maximum Gasteiger partial charge on any atom is 0.321 e. The molecule has 1 aliphatic heterocycles. The molecule has 1 N–H and O–H groups in total. The molecule has 5 nitrogen and oxygen atoms in total. The average molecular weight is 355 g/mol. The molecule has 1 fully saturated rings. The van der Waals surface area contributed by atoms with Gasteiger partial charge in [0.2, 0.25) is 0 Å². The molecule has 1 heterocycles. The Labute approximate surface area is 152 Å². The molecule has 0 saturated carbocycles. The van der Waals surface area contributed by atoms with E-state index >= 15 is 0 Å². The minimum Gasteiger partial charge on any atom is -0.322 e. The topological polar surface area (TPSA) is 59.4 Å². The Morgan fingerprint density at radius 3 is 2.32 bits per heavy atom. The maximum atomic E-state index is 12.4. The van der Waals surface area contributed by atoms with E-state index in [1.165, 1.54) is 0 Å². The van der Waals surface area contributed by atoms with Crippen molar-refractivity contribution in [2.24, 2.45) is 0 Å². The minimum atomic E-state index is -0.282. The van der Waals surface area contributed by atoms with Gasteiger partial charge in [-0.05, 0) is 17.7 Å². The summed E-state index contributed by atoms with van der Waals surface area (Å²) in [6, 6.07) is 18.8. The van der Waals surface area contributed by atoms with Gasteiger partial charge in [-0.25, -0.2) is 4.79 Å². The SMILES string of the molecule is N#CC(c1ccccc1)N1CCN(C(=O)Nc2ccccc2Cl)CC1. The van der Waals surface area contributed by atoms with Gasteiger partial charge in [-0.15, -0.1) is 0 Å². The third kappa shape index (κ3) is 4.11. The minimum absolute atomic E-state index is 0.166. The van der Waals surface area contributed by atoms with Gasteiger partial charge in [-0.2, -0.15) is 5.26 Å². The van der Waals surface area contributed by atoms with Gasteiger partial charge in [0.15, 0.2) is 0 Å². The van der Waals surface area contributed by atoms with Gasteiger partial charge in [0.25, 0.3) is 0 Å². The highest BCUT2D eigenvalue weighted by Crippen LogP contribution is 2.23. The average Bonchev–Trinajstić information content (AvgIpc) is 2.66. The number of carbonyl (C=O) groups excluding carboxylic acids is 1. The number of amides is 2. The molecule has 0 aliphatic carbocycles. The maximum absolute atomic E-state index is 12.4. The molecule has 1 aliphatic rings. The van der Waals surface area contributed by atoms with Crippen LogP contribution in [0.5, 0.6) is 0 Å². The number of nitriles is 1. The number of carbonyl (C=O) groups is 1. The van der Waals surface area contributed by atoms with Crippen LogP contribution in [0.4, 0.5) is 10.5 Å². The fraction of sp³-hybridized carbons (Fsp3) is 0.263.